The minimum Gasteiger partial charge on any atom is -0.224 e. The Bertz CT molecular complexity index is 651. The number of aromatic nitrogens is 8. The van der Waals surface area contributed by atoms with Gasteiger partial charge in [0.25, 0.3) is 0 Å². The topological polar surface area (TPSA) is 87.2 Å². The third-order valence-electron chi connectivity index (χ3n) is 3.00. The maximum atomic E-state index is 4.08. The Hall–Kier alpha value is -2.64. The molecule has 8 heteroatoms. The molecule has 0 amide bonds. The van der Waals surface area contributed by atoms with Crippen LogP contribution in [0.3, 0.4) is 0 Å². The highest BCUT2D eigenvalue weighted by molar-refractivity contribution is 5.76. The lowest BCUT2D eigenvalue weighted by molar-refractivity contribution is 0.484. The molecule has 0 saturated carbocycles. The fourth-order valence-electron chi connectivity index (χ4n) is 2.16. The Morgan fingerprint density at radius 2 is 1.28 bits per heavy atom. The number of benzene rings is 1. The van der Waals surface area contributed by atoms with Gasteiger partial charge in [-0.2, -0.15) is 0 Å². The van der Waals surface area contributed by atoms with Gasteiger partial charge in [-0.05, 0) is 20.9 Å². The molecule has 0 bridgehead atoms. The predicted octanol–water partition coefficient (Wildman–Crippen LogP) is 0.00720. The van der Waals surface area contributed by atoms with Gasteiger partial charge in [-0.1, -0.05) is 24.3 Å². The van der Waals surface area contributed by atoms with Gasteiger partial charge in [0.1, 0.15) is 0 Å². The van der Waals surface area contributed by atoms with Gasteiger partial charge in [0, 0.05) is 11.1 Å². The van der Waals surface area contributed by atoms with Crippen LogP contribution in [0.15, 0.2) is 24.3 Å². The van der Waals surface area contributed by atoms with Gasteiger partial charge < -0.3 is 0 Å². The molecule has 0 radical (unpaired) electrons. The summed E-state index contributed by atoms with van der Waals surface area (Å²) in [5.41, 5.74) is 1.89. The summed E-state index contributed by atoms with van der Waals surface area (Å²) >= 11 is 0. The van der Waals surface area contributed by atoms with Crippen LogP contribution in [0.4, 0.5) is 0 Å². The molecular weight excluding hydrogens is 232 g/mol. The van der Waals surface area contributed by atoms with Crippen molar-refractivity contribution in [2.75, 3.05) is 0 Å². The Kier molecular flexibility index (Phi) is 1.79. The molecule has 18 heavy (non-hydrogen) atoms. The summed E-state index contributed by atoms with van der Waals surface area (Å²) in [6, 6.07) is 7.85. The molecule has 0 spiro atoms. The second kappa shape index (κ2) is 3.42. The molecule has 0 aliphatic carbocycles. The van der Waals surface area contributed by atoms with E-state index in [4.69, 9.17) is 0 Å². The maximum absolute atomic E-state index is 4.08. The SMILES string of the molecule is c1ccc2c(c1)-c1nnnn1CCn1nnnc1-2. The van der Waals surface area contributed by atoms with Crippen molar-refractivity contribution >= 4 is 0 Å². The summed E-state index contributed by atoms with van der Waals surface area (Å²) in [6.45, 7) is 1.30. The number of fused-ring (bicyclic) bond motifs is 5. The summed E-state index contributed by atoms with van der Waals surface area (Å²) in [5.74, 6) is 1.50. The van der Waals surface area contributed by atoms with Gasteiger partial charge in [0.2, 0.25) is 0 Å². The summed E-state index contributed by atoms with van der Waals surface area (Å²) in [7, 11) is 0. The van der Waals surface area contributed by atoms with Gasteiger partial charge >= 0.3 is 0 Å². The van der Waals surface area contributed by atoms with Gasteiger partial charge in [-0.15, -0.1) is 10.2 Å². The van der Waals surface area contributed by atoms with Crippen LogP contribution >= 0.6 is 0 Å². The smallest absolute Gasteiger partial charge is 0.182 e. The monoisotopic (exact) mass is 240 g/mol. The first kappa shape index (κ1) is 9.40. The Morgan fingerprint density at radius 1 is 0.778 bits per heavy atom. The first-order chi connectivity index (χ1) is 8.93. The Morgan fingerprint density at radius 3 is 1.78 bits per heavy atom. The highest BCUT2D eigenvalue weighted by atomic mass is 15.6. The molecule has 0 fully saturated rings. The van der Waals surface area contributed by atoms with Crippen molar-refractivity contribution in [3.8, 4) is 22.8 Å². The van der Waals surface area contributed by atoms with Gasteiger partial charge in [-0.3, -0.25) is 0 Å². The third kappa shape index (κ3) is 1.19. The number of rotatable bonds is 0. The van der Waals surface area contributed by atoms with E-state index in [1.165, 1.54) is 0 Å². The molecule has 8 nitrogen and oxygen atoms in total. The lowest BCUT2D eigenvalue weighted by atomic mass is 10.1. The zero-order valence-electron chi connectivity index (χ0n) is 9.30. The molecule has 1 aliphatic rings. The number of hydrogen-bond donors (Lipinski definition) is 0. The maximum Gasteiger partial charge on any atom is 0.182 e. The van der Waals surface area contributed by atoms with E-state index in [0.29, 0.717) is 13.1 Å². The molecule has 2 aromatic heterocycles. The second-order valence-electron chi connectivity index (χ2n) is 4.00. The quantitative estimate of drug-likeness (QED) is 0.550. The molecule has 4 rings (SSSR count). The van der Waals surface area contributed by atoms with Crippen LogP contribution in [0.2, 0.25) is 0 Å². The summed E-state index contributed by atoms with van der Waals surface area (Å²) in [6.07, 6.45) is 0. The van der Waals surface area contributed by atoms with Crippen LogP contribution in [0, 0.1) is 0 Å². The highest BCUT2D eigenvalue weighted by Gasteiger charge is 2.21. The molecule has 0 atom stereocenters. The number of tetrazole rings is 2. The summed E-state index contributed by atoms with van der Waals surface area (Å²) in [5, 5.41) is 23.6. The van der Waals surface area contributed by atoms with Crippen molar-refractivity contribution in [2.45, 2.75) is 13.1 Å². The van der Waals surface area contributed by atoms with Gasteiger partial charge in [-0.25, -0.2) is 9.36 Å². The third-order valence-corrected chi connectivity index (χ3v) is 3.00. The Balaban J connectivity index is 2.08. The van der Waals surface area contributed by atoms with E-state index in [9.17, 15) is 0 Å². The molecule has 0 unspecified atom stereocenters. The van der Waals surface area contributed by atoms with E-state index in [1.807, 2.05) is 24.3 Å². The lowest BCUT2D eigenvalue weighted by Gasteiger charge is -2.13. The normalized spacial score (nSPS) is 13.1. The number of hydrogen-bond acceptors (Lipinski definition) is 6. The molecule has 1 aliphatic heterocycles. The zero-order chi connectivity index (χ0) is 11.9. The van der Waals surface area contributed by atoms with Crippen molar-refractivity contribution in [2.24, 2.45) is 0 Å². The van der Waals surface area contributed by atoms with Crippen LogP contribution in [-0.4, -0.2) is 40.4 Å². The molecule has 88 valence electrons. The van der Waals surface area contributed by atoms with Crippen molar-refractivity contribution in [3.63, 3.8) is 0 Å². The van der Waals surface area contributed by atoms with E-state index < -0.39 is 0 Å². The van der Waals surface area contributed by atoms with Crippen LogP contribution in [0.25, 0.3) is 22.8 Å². The summed E-state index contributed by atoms with van der Waals surface area (Å²) < 4.78 is 3.53. The van der Waals surface area contributed by atoms with Crippen molar-refractivity contribution in [1.82, 2.24) is 40.4 Å². The molecule has 0 saturated heterocycles. The van der Waals surface area contributed by atoms with Gasteiger partial charge in [0.15, 0.2) is 11.6 Å². The Labute approximate surface area is 101 Å². The number of nitrogens with zero attached hydrogens (tertiary/aromatic N) is 8. The van der Waals surface area contributed by atoms with Crippen molar-refractivity contribution < 1.29 is 0 Å². The van der Waals surface area contributed by atoms with E-state index in [0.717, 1.165) is 22.8 Å². The van der Waals surface area contributed by atoms with Crippen LogP contribution in [0.1, 0.15) is 0 Å². The molecule has 0 N–H and O–H groups in total. The average Bonchev–Trinajstić information content (AvgIpc) is 3.03. The largest absolute Gasteiger partial charge is 0.224 e. The standard InChI is InChI=1S/C10H8N8/c1-2-4-8-7(3-1)9-11-13-15-17(9)5-6-18-10(8)12-14-16-18/h1-4H,5-6H2. The first-order valence-electron chi connectivity index (χ1n) is 5.55. The van der Waals surface area contributed by atoms with Gasteiger partial charge in [0.05, 0.1) is 13.1 Å². The number of aryl methyl sites for hydroxylation is 2. The van der Waals surface area contributed by atoms with E-state index in [1.54, 1.807) is 9.36 Å². The van der Waals surface area contributed by atoms with E-state index in [2.05, 4.69) is 31.1 Å². The second-order valence-corrected chi connectivity index (χ2v) is 4.00. The molecular formula is C10H8N8. The highest BCUT2D eigenvalue weighted by Crippen LogP contribution is 2.30. The minimum atomic E-state index is 0.648. The van der Waals surface area contributed by atoms with Crippen molar-refractivity contribution in [1.29, 1.82) is 0 Å². The lowest BCUT2D eigenvalue weighted by Crippen LogP contribution is -2.15. The fraction of sp³-hybridized carbons (Fsp3) is 0.200. The van der Waals surface area contributed by atoms with E-state index in [-0.39, 0.29) is 0 Å². The summed E-state index contributed by atoms with van der Waals surface area (Å²) in [4.78, 5) is 0. The average molecular weight is 240 g/mol. The first-order valence-corrected chi connectivity index (χ1v) is 5.55. The van der Waals surface area contributed by atoms with Crippen LogP contribution < -0.4 is 0 Å². The fourth-order valence-corrected chi connectivity index (χ4v) is 2.16. The minimum absolute atomic E-state index is 0.648. The van der Waals surface area contributed by atoms with E-state index >= 15 is 0 Å². The molecule has 1 aromatic carbocycles. The van der Waals surface area contributed by atoms with Crippen LogP contribution in [-0.2, 0) is 13.1 Å². The molecule has 3 heterocycles. The predicted molar refractivity (Wildman–Crippen MR) is 60.1 cm³/mol. The molecule has 3 aromatic rings. The van der Waals surface area contributed by atoms with Crippen LogP contribution in [0.5, 0.6) is 0 Å². The van der Waals surface area contributed by atoms with Crippen molar-refractivity contribution in [3.05, 3.63) is 24.3 Å². The zero-order valence-corrected chi connectivity index (χ0v) is 9.30.